The first-order valence-corrected chi connectivity index (χ1v) is 7.42. The summed E-state index contributed by atoms with van der Waals surface area (Å²) in [6.07, 6.45) is -0.106. The molecule has 0 heterocycles. The van der Waals surface area contributed by atoms with Crippen LogP contribution in [0.4, 0.5) is 10.5 Å². The maximum Gasteiger partial charge on any atom is 0.414 e. The highest BCUT2D eigenvalue weighted by Gasteiger charge is 2.17. The van der Waals surface area contributed by atoms with Crippen molar-refractivity contribution in [1.82, 2.24) is 0 Å². The van der Waals surface area contributed by atoms with Gasteiger partial charge in [-0.3, -0.25) is 9.69 Å². The second kappa shape index (κ2) is 8.58. The zero-order valence-electron chi connectivity index (χ0n) is 12.7. The van der Waals surface area contributed by atoms with E-state index < -0.39 is 12.1 Å². The fourth-order valence-corrected chi connectivity index (χ4v) is 2.12. The minimum atomic E-state index is -0.879. The molecule has 0 unspecified atom stereocenters. The highest BCUT2D eigenvalue weighted by Crippen LogP contribution is 2.16. The number of carbonyl (C=O) groups excluding carboxylic acids is 1. The van der Waals surface area contributed by atoms with Crippen molar-refractivity contribution in [3.8, 4) is 0 Å². The molecular weight excluding hydrogens is 294 g/mol. The summed E-state index contributed by atoms with van der Waals surface area (Å²) >= 11 is 0. The molecule has 0 fully saturated rings. The van der Waals surface area contributed by atoms with Crippen molar-refractivity contribution in [1.29, 1.82) is 0 Å². The average molecular weight is 313 g/mol. The van der Waals surface area contributed by atoms with E-state index in [2.05, 4.69) is 0 Å². The lowest BCUT2D eigenvalue weighted by Gasteiger charge is -2.22. The van der Waals surface area contributed by atoms with E-state index in [0.29, 0.717) is 18.7 Å². The van der Waals surface area contributed by atoms with Crippen molar-refractivity contribution in [2.75, 3.05) is 11.4 Å². The summed E-state index contributed by atoms with van der Waals surface area (Å²) in [7, 11) is 0. The standard InChI is InChI=1S/C18H19NO4/c20-17(21)12-7-13-19(16-10-5-2-6-11-16)18(22)23-14-15-8-3-1-4-9-15/h1-6,8-11H,7,12-14H2,(H,20,21). The minimum absolute atomic E-state index is 0.00923. The van der Waals surface area contributed by atoms with E-state index in [1.165, 1.54) is 4.90 Å². The molecule has 23 heavy (non-hydrogen) atoms. The van der Waals surface area contributed by atoms with Crippen molar-refractivity contribution >= 4 is 17.7 Å². The van der Waals surface area contributed by atoms with Crippen molar-refractivity contribution in [2.45, 2.75) is 19.4 Å². The molecule has 0 aliphatic carbocycles. The Bertz CT molecular complexity index is 628. The zero-order chi connectivity index (χ0) is 16.5. The van der Waals surface area contributed by atoms with Gasteiger partial charge in [0.05, 0.1) is 0 Å². The van der Waals surface area contributed by atoms with E-state index in [0.717, 1.165) is 5.56 Å². The highest BCUT2D eigenvalue weighted by molar-refractivity contribution is 5.87. The monoisotopic (exact) mass is 313 g/mol. The van der Waals surface area contributed by atoms with Gasteiger partial charge in [0.25, 0.3) is 0 Å². The molecular formula is C18H19NO4. The number of hydrogen-bond acceptors (Lipinski definition) is 3. The normalized spacial score (nSPS) is 10.1. The minimum Gasteiger partial charge on any atom is -0.481 e. The van der Waals surface area contributed by atoms with Crippen LogP contribution in [0.25, 0.3) is 0 Å². The van der Waals surface area contributed by atoms with Gasteiger partial charge in [0.2, 0.25) is 0 Å². The van der Waals surface area contributed by atoms with Crippen LogP contribution in [0.1, 0.15) is 18.4 Å². The molecule has 5 heteroatoms. The molecule has 0 aliphatic rings. The molecule has 0 aliphatic heterocycles. The highest BCUT2D eigenvalue weighted by atomic mass is 16.6. The lowest BCUT2D eigenvalue weighted by atomic mass is 10.2. The van der Waals surface area contributed by atoms with Crippen LogP contribution in [0.15, 0.2) is 60.7 Å². The number of rotatable bonds is 7. The average Bonchev–Trinajstić information content (AvgIpc) is 2.58. The third-order valence-corrected chi connectivity index (χ3v) is 3.27. The smallest absolute Gasteiger partial charge is 0.414 e. The Kier molecular flexibility index (Phi) is 6.17. The van der Waals surface area contributed by atoms with Crippen molar-refractivity contribution < 1.29 is 19.4 Å². The van der Waals surface area contributed by atoms with E-state index in [1.54, 1.807) is 12.1 Å². The summed E-state index contributed by atoms with van der Waals surface area (Å²) in [5, 5.41) is 8.75. The molecule has 0 atom stereocenters. The molecule has 2 aromatic rings. The van der Waals surface area contributed by atoms with Gasteiger partial charge in [0, 0.05) is 18.7 Å². The maximum absolute atomic E-state index is 12.3. The first-order chi connectivity index (χ1) is 11.2. The Morgan fingerprint density at radius 1 is 0.957 bits per heavy atom. The van der Waals surface area contributed by atoms with Gasteiger partial charge in [-0.2, -0.15) is 0 Å². The molecule has 0 spiro atoms. The zero-order valence-corrected chi connectivity index (χ0v) is 12.7. The van der Waals surface area contributed by atoms with Gasteiger partial charge >= 0.3 is 12.1 Å². The van der Waals surface area contributed by atoms with Gasteiger partial charge in [-0.25, -0.2) is 4.79 Å². The quantitative estimate of drug-likeness (QED) is 0.846. The SMILES string of the molecule is O=C(O)CCCN(C(=O)OCc1ccccc1)c1ccccc1. The molecule has 0 aromatic heterocycles. The Balaban J connectivity index is 2.00. The molecule has 2 aromatic carbocycles. The Hall–Kier alpha value is -2.82. The number of carboxylic acids is 1. The van der Waals surface area contributed by atoms with Crippen LogP contribution in [-0.4, -0.2) is 23.7 Å². The predicted molar refractivity (Wildman–Crippen MR) is 87.3 cm³/mol. The van der Waals surface area contributed by atoms with Crippen LogP contribution < -0.4 is 4.90 Å². The number of hydrogen-bond donors (Lipinski definition) is 1. The molecule has 5 nitrogen and oxygen atoms in total. The summed E-state index contributed by atoms with van der Waals surface area (Å²) in [6, 6.07) is 18.5. The lowest BCUT2D eigenvalue weighted by Crippen LogP contribution is -2.32. The number of para-hydroxylation sites is 1. The number of aliphatic carboxylic acids is 1. The Morgan fingerprint density at radius 2 is 1.57 bits per heavy atom. The fraction of sp³-hybridized carbons (Fsp3) is 0.222. The van der Waals surface area contributed by atoms with Crippen molar-refractivity contribution in [3.05, 3.63) is 66.2 Å². The molecule has 0 bridgehead atoms. The Morgan fingerprint density at radius 3 is 2.17 bits per heavy atom. The van der Waals surface area contributed by atoms with E-state index in [9.17, 15) is 9.59 Å². The van der Waals surface area contributed by atoms with E-state index >= 15 is 0 Å². The second-order valence-electron chi connectivity index (χ2n) is 5.02. The first kappa shape index (κ1) is 16.5. The van der Waals surface area contributed by atoms with E-state index in [4.69, 9.17) is 9.84 Å². The van der Waals surface area contributed by atoms with E-state index in [1.807, 2.05) is 48.5 Å². The van der Waals surface area contributed by atoms with Gasteiger partial charge in [-0.05, 0) is 24.1 Å². The number of ether oxygens (including phenoxy) is 1. The summed E-state index contributed by atoms with van der Waals surface area (Å²) in [5.41, 5.74) is 1.59. The van der Waals surface area contributed by atoms with Crippen LogP contribution in [0.2, 0.25) is 0 Å². The number of nitrogens with zero attached hydrogens (tertiary/aromatic N) is 1. The van der Waals surface area contributed by atoms with Crippen LogP contribution in [0.3, 0.4) is 0 Å². The third-order valence-electron chi connectivity index (χ3n) is 3.27. The summed E-state index contributed by atoms with van der Waals surface area (Å²) in [5.74, 6) is -0.879. The van der Waals surface area contributed by atoms with E-state index in [-0.39, 0.29) is 13.0 Å². The van der Waals surface area contributed by atoms with Gasteiger partial charge in [-0.15, -0.1) is 0 Å². The molecule has 1 amide bonds. The topological polar surface area (TPSA) is 66.8 Å². The second-order valence-corrected chi connectivity index (χ2v) is 5.02. The maximum atomic E-state index is 12.3. The number of anilines is 1. The molecule has 0 saturated carbocycles. The summed E-state index contributed by atoms with van der Waals surface area (Å²) in [4.78, 5) is 24.5. The third kappa shape index (κ3) is 5.47. The first-order valence-electron chi connectivity index (χ1n) is 7.42. The van der Waals surface area contributed by atoms with Gasteiger partial charge in [0.1, 0.15) is 6.61 Å². The number of carboxylic acid groups (broad SMARTS) is 1. The van der Waals surface area contributed by atoms with Gasteiger partial charge < -0.3 is 9.84 Å². The van der Waals surface area contributed by atoms with Crippen molar-refractivity contribution in [2.24, 2.45) is 0 Å². The van der Waals surface area contributed by atoms with Gasteiger partial charge in [0.15, 0.2) is 0 Å². The number of amides is 1. The lowest BCUT2D eigenvalue weighted by molar-refractivity contribution is -0.137. The fourth-order valence-electron chi connectivity index (χ4n) is 2.12. The van der Waals surface area contributed by atoms with Crippen LogP contribution in [-0.2, 0) is 16.1 Å². The van der Waals surface area contributed by atoms with Gasteiger partial charge in [-0.1, -0.05) is 48.5 Å². The molecule has 2 rings (SSSR count). The molecule has 1 N–H and O–H groups in total. The number of carbonyl (C=O) groups is 2. The van der Waals surface area contributed by atoms with Crippen LogP contribution in [0.5, 0.6) is 0 Å². The molecule has 0 saturated heterocycles. The largest absolute Gasteiger partial charge is 0.481 e. The summed E-state index contributed by atoms with van der Waals surface area (Å²) < 4.78 is 5.34. The number of benzene rings is 2. The predicted octanol–water partition coefficient (Wildman–Crippen LogP) is 3.69. The summed E-state index contributed by atoms with van der Waals surface area (Å²) in [6.45, 7) is 0.478. The molecule has 0 radical (unpaired) electrons. The van der Waals surface area contributed by atoms with Crippen molar-refractivity contribution in [3.63, 3.8) is 0 Å². The molecule has 120 valence electrons. The van der Waals surface area contributed by atoms with Crippen LogP contribution >= 0.6 is 0 Å². The van der Waals surface area contributed by atoms with Crippen LogP contribution in [0, 0.1) is 0 Å². The Labute approximate surface area is 135 Å².